The van der Waals surface area contributed by atoms with E-state index in [0.29, 0.717) is 10.6 Å². The van der Waals surface area contributed by atoms with E-state index in [9.17, 15) is 8.42 Å². The molecule has 1 aromatic rings. The summed E-state index contributed by atoms with van der Waals surface area (Å²) >= 11 is 0. The van der Waals surface area contributed by atoms with Gasteiger partial charge in [0.15, 0.2) is 0 Å². The smallest absolute Gasteiger partial charge is 0.242 e. The van der Waals surface area contributed by atoms with Crippen LogP contribution < -0.4 is 10.0 Å². The molecule has 0 saturated heterocycles. The molecular formula is C16H24N2O2S. The number of nitrogens with one attached hydrogen (secondary N) is 2. The minimum Gasteiger partial charge on any atom is -0.380 e. The Morgan fingerprint density at radius 3 is 2.14 bits per heavy atom. The van der Waals surface area contributed by atoms with Crippen LogP contribution in [0.15, 0.2) is 29.2 Å². The first kappa shape index (κ1) is 14.9. The first-order valence-corrected chi connectivity index (χ1v) is 9.02. The van der Waals surface area contributed by atoms with E-state index in [1.807, 2.05) is 12.1 Å². The molecule has 0 atom stereocenters. The Morgan fingerprint density at radius 2 is 1.62 bits per heavy atom. The summed E-state index contributed by atoms with van der Waals surface area (Å²) in [5.41, 5.74) is 1.02. The zero-order valence-electron chi connectivity index (χ0n) is 13.1. The fourth-order valence-corrected chi connectivity index (χ4v) is 4.49. The fraction of sp³-hybridized carbons (Fsp3) is 0.625. The Labute approximate surface area is 127 Å². The number of benzene rings is 1. The van der Waals surface area contributed by atoms with Gasteiger partial charge in [0.2, 0.25) is 10.0 Å². The van der Waals surface area contributed by atoms with E-state index in [4.69, 9.17) is 0 Å². The maximum Gasteiger partial charge on any atom is 0.242 e. The molecule has 3 rings (SSSR count). The maximum absolute atomic E-state index is 12.5. The van der Waals surface area contributed by atoms with Crippen molar-refractivity contribution in [2.75, 3.05) is 5.32 Å². The molecule has 2 aliphatic rings. The van der Waals surface area contributed by atoms with Gasteiger partial charge in [-0.2, -0.15) is 0 Å². The topological polar surface area (TPSA) is 58.2 Å². The van der Waals surface area contributed by atoms with E-state index in [2.05, 4.69) is 37.7 Å². The summed E-state index contributed by atoms with van der Waals surface area (Å²) in [7, 11) is -3.43. The average molecular weight is 308 g/mol. The third-order valence-corrected chi connectivity index (χ3v) is 6.97. The third-order valence-electron chi connectivity index (χ3n) is 5.40. The summed E-state index contributed by atoms with van der Waals surface area (Å²) in [4.78, 5) is 0.357. The lowest BCUT2D eigenvalue weighted by Gasteiger charge is -2.14. The van der Waals surface area contributed by atoms with Crippen LogP contribution in [0.4, 0.5) is 5.69 Å². The van der Waals surface area contributed by atoms with E-state index in [1.165, 1.54) is 0 Å². The van der Waals surface area contributed by atoms with Gasteiger partial charge in [0.05, 0.1) is 5.69 Å². The van der Waals surface area contributed by atoms with E-state index >= 15 is 0 Å². The van der Waals surface area contributed by atoms with Gasteiger partial charge in [-0.15, -0.1) is 0 Å². The minimum absolute atomic E-state index is 0.122. The molecule has 2 N–H and O–H groups in total. The van der Waals surface area contributed by atoms with Crippen molar-refractivity contribution in [1.82, 2.24) is 4.72 Å². The van der Waals surface area contributed by atoms with Gasteiger partial charge in [0.25, 0.3) is 0 Å². The zero-order chi connectivity index (χ0) is 15.5. The molecular weight excluding hydrogens is 284 g/mol. The summed E-state index contributed by atoms with van der Waals surface area (Å²) in [6.45, 7) is 8.85. The van der Waals surface area contributed by atoms with Crippen LogP contribution in [0.5, 0.6) is 0 Å². The van der Waals surface area contributed by atoms with Crippen molar-refractivity contribution >= 4 is 15.7 Å². The minimum atomic E-state index is -3.43. The second kappa shape index (κ2) is 4.46. The molecule has 2 saturated carbocycles. The Morgan fingerprint density at radius 1 is 1.05 bits per heavy atom. The van der Waals surface area contributed by atoms with E-state index < -0.39 is 10.0 Å². The lowest BCUT2D eigenvalue weighted by Crippen LogP contribution is -2.27. The first-order chi connectivity index (χ1) is 9.66. The number of hydrogen-bond donors (Lipinski definition) is 2. The molecule has 21 heavy (non-hydrogen) atoms. The van der Waals surface area contributed by atoms with Crippen LogP contribution in [-0.4, -0.2) is 20.5 Å². The van der Waals surface area contributed by atoms with Crippen molar-refractivity contribution < 1.29 is 8.42 Å². The van der Waals surface area contributed by atoms with Gasteiger partial charge in [-0.05, 0) is 35.8 Å². The highest BCUT2D eigenvalue weighted by molar-refractivity contribution is 7.89. The Hall–Kier alpha value is -1.07. The van der Waals surface area contributed by atoms with Crippen LogP contribution in [0.25, 0.3) is 0 Å². The predicted octanol–water partition coefficient (Wildman–Crippen LogP) is 2.97. The molecule has 0 heterocycles. The van der Waals surface area contributed by atoms with Crippen LogP contribution in [0.3, 0.4) is 0 Å². The standard InChI is InChI=1S/C16H24N2O2S/c1-15(2)14(16(15,3)4)17-12-7-5-6-8-13(12)21(19,20)18-11-9-10-11/h5-8,11,14,17-18H,9-10H2,1-4H3. The van der Waals surface area contributed by atoms with Gasteiger partial charge in [-0.3, -0.25) is 0 Å². The summed E-state index contributed by atoms with van der Waals surface area (Å²) in [5, 5.41) is 3.45. The van der Waals surface area contributed by atoms with Gasteiger partial charge in [-0.1, -0.05) is 39.8 Å². The quantitative estimate of drug-likeness (QED) is 0.879. The normalized spacial score (nSPS) is 23.8. The Kier molecular flexibility index (Phi) is 3.16. The molecule has 2 aliphatic carbocycles. The number of rotatable bonds is 5. The van der Waals surface area contributed by atoms with Crippen LogP contribution in [-0.2, 0) is 10.0 Å². The third kappa shape index (κ3) is 2.46. The summed E-state index contributed by atoms with van der Waals surface area (Å²) < 4.78 is 27.7. The molecule has 4 nitrogen and oxygen atoms in total. The number of anilines is 1. The van der Waals surface area contributed by atoms with E-state index in [1.54, 1.807) is 12.1 Å². The van der Waals surface area contributed by atoms with Crippen molar-refractivity contribution in [3.63, 3.8) is 0 Å². The molecule has 5 heteroatoms. The highest BCUT2D eigenvalue weighted by Gasteiger charge is 2.65. The molecule has 1 aromatic carbocycles. The Balaban J connectivity index is 1.87. The van der Waals surface area contributed by atoms with Crippen molar-refractivity contribution in [3.05, 3.63) is 24.3 Å². The van der Waals surface area contributed by atoms with Crippen molar-refractivity contribution in [1.29, 1.82) is 0 Å². The molecule has 0 spiro atoms. The van der Waals surface area contributed by atoms with Crippen LogP contribution >= 0.6 is 0 Å². The fourth-order valence-electron chi connectivity index (χ4n) is 3.02. The molecule has 0 amide bonds. The van der Waals surface area contributed by atoms with E-state index in [0.717, 1.165) is 12.8 Å². The van der Waals surface area contributed by atoms with Crippen molar-refractivity contribution in [2.24, 2.45) is 10.8 Å². The van der Waals surface area contributed by atoms with Gasteiger partial charge < -0.3 is 5.32 Å². The van der Waals surface area contributed by atoms with Gasteiger partial charge in [0, 0.05) is 12.1 Å². The maximum atomic E-state index is 12.5. The monoisotopic (exact) mass is 308 g/mol. The number of hydrogen-bond acceptors (Lipinski definition) is 3. The van der Waals surface area contributed by atoms with Gasteiger partial charge in [-0.25, -0.2) is 13.1 Å². The first-order valence-electron chi connectivity index (χ1n) is 7.54. The highest BCUT2D eigenvalue weighted by Crippen LogP contribution is 2.63. The van der Waals surface area contributed by atoms with Gasteiger partial charge in [0.1, 0.15) is 4.90 Å². The molecule has 116 valence electrons. The SMILES string of the molecule is CC1(C)C(Nc2ccccc2S(=O)(=O)NC2CC2)C1(C)C. The van der Waals surface area contributed by atoms with E-state index in [-0.39, 0.29) is 22.9 Å². The van der Waals surface area contributed by atoms with Crippen molar-refractivity contribution in [2.45, 2.75) is 57.5 Å². The van der Waals surface area contributed by atoms with Crippen LogP contribution in [0, 0.1) is 10.8 Å². The van der Waals surface area contributed by atoms with Crippen LogP contribution in [0.1, 0.15) is 40.5 Å². The predicted molar refractivity (Wildman–Crippen MR) is 84.8 cm³/mol. The zero-order valence-corrected chi connectivity index (χ0v) is 13.9. The second-order valence-corrected chi connectivity index (χ2v) is 9.09. The summed E-state index contributed by atoms with van der Waals surface area (Å²) in [5.74, 6) is 0. The number of sulfonamides is 1. The molecule has 0 aliphatic heterocycles. The summed E-state index contributed by atoms with van der Waals surface area (Å²) in [6, 6.07) is 7.58. The molecule has 0 unspecified atom stereocenters. The molecule has 0 radical (unpaired) electrons. The second-order valence-electron chi connectivity index (χ2n) is 7.41. The molecule has 2 fully saturated rings. The Bertz CT molecular complexity index is 647. The average Bonchev–Trinajstić information content (AvgIpc) is 3.25. The summed E-state index contributed by atoms with van der Waals surface area (Å²) in [6.07, 6.45) is 1.88. The molecule has 0 bridgehead atoms. The highest BCUT2D eigenvalue weighted by atomic mass is 32.2. The van der Waals surface area contributed by atoms with Crippen molar-refractivity contribution in [3.8, 4) is 0 Å². The van der Waals surface area contributed by atoms with Crippen LogP contribution in [0.2, 0.25) is 0 Å². The van der Waals surface area contributed by atoms with Gasteiger partial charge >= 0.3 is 0 Å². The number of para-hydroxylation sites is 1. The largest absolute Gasteiger partial charge is 0.380 e. The lowest BCUT2D eigenvalue weighted by molar-refractivity contribution is 0.457. The molecule has 0 aromatic heterocycles. The lowest BCUT2D eigenvalue weighted by atomic mass is 10.0.